The third-order valence-electron chi connectivity index (χ3n) is 0. The molecule has 0 aliphatic carbocycles. The second kappa shape index (κ2) is 4.27. The summed E-state index contributed by atoms with van der Waals surface area (Å²) in [6, 6.07) is 0. The van der Waals surface area contributed by atoms with Crippen molar-refractivity contribution in [2.75, 3.05) is 0 Å². The van der Waals surface area contributed by atoms with E-state index in [2.05, 4.69) is 6.92 Å². The molecule has 0 amide bonds. The average molecular weight is 311 g/mol. The van der Waals surface area contributed by atoms with Gasteiger partial charge in [-0.05, 0) is 12.7 Å². The Morgan fingerprint density at radius 3 is 1.22 bits per heavy atom. The van der Waals surface area contributed by atoms with Crippen molar-refractivity contribution >= 4 is 5.78 Å². The molecule has 5 nitrogen and oxygen atoms in total. The van der Waals surface area contributed by atoms with E-state index in [1.165, 1.54) is 6.92 Å². The van der Waals surface area contributed by atoms with Gasteiger partial charge in [-0.15, -0.1) is 0 Å². The molecule has 0 aliphatic rings. The van der Waals surface area contributed by atoms with Crippen molar-refractivity contribution in [3.05, 3.63) is 6.92 Å². The number of carbonyl (C=O) groups excluding carboxylic acids is 1. The summed E-state index contributed by atoms with van der Waals surface area (Å²) in [7, 11) is 0. The predicted molar refractivity (Wildman–Crippen MR) is 18.8 cm³/mol. The van der Waals surface area contributed by atoms with E-state index in [4.69, 9.17) is 14.2 Å². The van der Waals surface area contributed by atoms with Gasteiger partial charge in [-0.3, -0.25) is 0 Å². The molecule has 0 atom stereocenters. The van der Waals surface area contributed by atoms with E-state index in [-0.39, 0.29) is 5.78 Å². The zero-order valence-electron chi connectivity index (χ0n) is 4.60. The Balaban J connectivity index is 0. The number of rotatable bonds is 0. The van der Waals surface area contributed by atoms with E-state index in [0.29, 0.717) is 0 Å². The van der Waals surface area contributed by atoms with Crippen molar-refractivity contribution in [3.63, 3.8) is 0 Å². The minimum atomic E-state index is -6.06. The van der Waals surface area contributed by atoms with Gasteiger partial charge in [-0.2, -0.15) is 0 Å². The van der Waals surface area contributed by atoms with Crippen molar-refractivity contribution in [2.24, 2.45) is 0 Å². The summed E-state index contributed by atoms with van der Waals surface area (Å²) in [5, 5.41) is 0. The molecule has 0 bridgehead atoms. The summed E-state index contributed by atoms with van der Waals surface area (Å²) in [6.07, 6.45) is 0. The normalized spacial score (nSPS) is 9.00. The van der Waals surface area contributed by atoms with Crippen LogP contribution in [-0.4, -0.2) is 5.78 Å². The van der Waals surface area contributed by atoms with Crippen LogP contribution in [0.3, 0.4) is 0 Å². The first-order valence-electron chi connectivity index (χ1n) is 1.64. The van der Waals surface area contributed by atoms with Crippen molar-refractivity contribution < 1.29 is 33.8 Å². The van der Waals surface area contributed by atoms with Crippen molar-refractivity contribution in [1.29, 1.82) is 0 Å². The molecule has 6 heteroatoms. The predicted octanol–water partition coefficient (Wildman–Crippen LogP) is -0.0682. The van der Waals surface area contributed by atoms with Gasteiger partial charge in [-0.1, -0.05) is 0 Å². The topological polar surface area (TPSA) is 85.3 Å². The monoisotopic (exact) mass is 313 g/mol. The first-order chi connectivity index (χ1) is 3.73. The standard InChI is InChI=1S/C3H5O.4O.Os/c1-3(2)4;;;;;/h1H2,2H3;;;;;/q-1;;;;;. The van der Waals surface area contributed by atoms with Gasteiger partial charge >= 0.3 is 29.0 Å². The molecule has 0 aromatic heterocycles. The fourth-order valence-corrected chi connectivity index (χ4v) is 0. The van der Waals surface area contributed by atoms with Gasteiger partial charge in [0.05, 0.1) is 0 Å². The van der Waals surface area contributed by atoms with Crippen LogP contribution in [0.2, 0.25) is 0 Å². The molecule has 0 radical (unpaired) electrons. The van der Waals surface area contributed by atoms with Crippen LogP contribution in [0.15, 0.2) is 0 Å². The molecule has 0 saturated carbocycles. The van der Waals surface area contributed by atoms with Crippen LogP contribution in [0, 0.1) is 6.92 Å². The van der Waals surface area contributed by atoms with Crippen LogP contribution in [0.4, 0.5) is 0 Å². The maximum atomic E-state index is 9.33. The molecule has 0 aromatic carbocycles. The van der Waals surface area contributed by atoms with Gasteiger partial charge < -0.3 is 11.7 Å². The first kappa shape index (κ1) is 11.2. The Morgan fingerprint density at radius 2 is 1.22 bits per heavy atom. The number of hydrogen-bond acceptors (Lipinski definition) is 5. The average Bonchev–Trinajstić information content (AvgIpc) is 1.19. The molecule has 0 rings (SSSR count). The van der Waals surface area contributed by atoms with E-state index in [0.717, 1.165) is 0 Å². The summed E-state index contributed by atoms with van der Waals surface area (Å²) in [6.45, 7) is 4.42. The van der Waals surface area contributed by atoms with Crippen LogP contribution in [-0.2, 0) is 33.8 Å². The van der Waals surface area contributed by atoms with Gasteiger partial charge in [0, 0.05) is 0 Å². The molecule has 0 saturated heterocycles. The molecule has 0 heterocycles. The molecule has 0 fully saturated rings. The van der Waals surface area contributed by atoms with Crippen LogP contribution >= 0.6 is 0 Å². The van der Waals surface area contributed by atoms with Gasteiger partial charge in [-0.25, -0.2) is 0 Å². The van der Waals surface area contributed by atoms with E-state index < -0.39 is 14.8 Å². The fourth-order valence-electron chi connectivity index (χ4n) is 0. The van der Waals surface area contributed by atoms with E-state index in [9.17, 15) is 4.79 Å². The Labute approximate surface area is 54.0 Å². The maximum absolute atomic E-state index is 9.33. The molecule has 0 unspecified atom stereocenters. The van der Waals surface area contributed by atoms with E-state index >= 15 is 0 Å². The van der Waals surface area contributed by atoms with E-state index in [1.54, 1.807) is 0 Å². The Morgan fingerprint density at radius 1 is 1.22 bits per heavy atom. The molecular weight excluding hydrogens is 306 g/mol. The molecule has 9 heavy (non-hydrogen) atoms. The van der Waals surface area contributed by atoms with Crippen LogP contribution < -0.4 is 0 Å². The van der Waals surface area contributed by atoms with Gasteiger partial charge in [0.2, 0.25) is 0 Å². The number of ketones is 1. The van der Waals surface area contributed by atoms with Crippen molar-refractivity contribution in [3.8, 4) is 0 Å². The van der Waals surface area contributed by atoms with Crippen molar-refractivity contribution in [1.82, 2.24) is 0 Å². The van der Waals surface area contributed by atoms with Crippen LogP contribution in [0.25, 0.3) is 0 Å². The van der Waals surface area contributed by atoms with Gasteiger partial charge in [0.15, 0.2) is 0 Å². The van der Waals surface area contributed by atoms with Gasteiger partial charge in [0.1, 0.15) is 0 Å². The molecule has 0 aliphatic heterocycles. The minimum absolute atomic E-state index is 0.0833. The quantitative estimate of drug-likeness (QED) is 0.585. The number of carbonyl (C=O) groups is 1. The van der Waals surface area contributed by atoms with Crippen LogP contribution in [0.1, 0.15) is 6.92 Å². The first-order valence-corrected chi connectivity index (χ1v) is 5.78. The fraction of sp³-hybridized carbons (Fsp3) is 0.333. The Hall–Kier alpha value is -0.624. The van der Waals surface area contributed by atoms with Crippen molar-refractivity contribution in [2.45, 2.75) is 6.92 Å². The number of hydrogen-bond donors (Lipinski definition) is 0. The second-order valence-electron chi connectivity index (χ2n) is 1.06. The SMILES string of the molecule is [CH2-]C(C)=O.[O]=[Os](=[O])(=[O])=[O]. The Bertz CT molecular complexity index is 232. The number of Topliss-reactive ketones (excluding diaryl/α,β-unsaturated/α-hetero) is 1. The Kier molecular flexibility index (Phi) is 5.32. The molecule has 0 spiro atoms. The third-order valence-corrected chi connectivity index (χ3v) is 0. The summed E-state index contributed by atoms with van der Waals surface area (Å²) < 4.78 is 34.5. The third kappa shape index (κ3) is 548. The second-order valence-corrected chi connectivity index (χ2v) is 3.60. The van der Waals surface area contributed by atoms with E-state index in [1.807, 2.05) is 0 Å². The summed E-state index contributed by atoms with van der Waals surface area (Å²) in [5.41, 5.74) is 0. The summed E-state index contributed by atoms with van der Waals surface area (Å²) in [4.78, 5) is 9.33. The zero-order chi connectivity index (χ0) is 8.08. The molecule has 56 valence electrons. The molecular formula is C3H5O5Os-. The van der Waals surface area contributed by atoms with Gasteiger partial charge in [0.25, 0.3) is 0 Å². The summed E-state index contributed by atoms with van der Waals surface area (Å²) in [5.74, 6) is -0.0833. The summed E-state index contributed by atoms with van der Waals surface area (Å²) >= 11 is -6.06. The molecule has 0 N–H and O–H groups in total. The zero-order valence-corrected chi connectivity index (χ0v) is 7.14. The molecule has 0 aromatic rings. The van der Waals surface area contributed by atoms with Crippen LogP contribution in [0.5, 0.6) is 0 Å².